The van der Waals surface area contributed by atoms with Gasteiger partial charge in [0.25, 0.3) is 5.91 Å². The summed E-state index contributed by atoms with van der Waals surface area (Å²) < 4.78 is 3.65. The van der Waals surface area contributed by atoms with Crippen LogP contribution in [0.3, 0.4) is 0 Å². The van der Waals surface area contributed by atoms with Crippen molar-refractivity contribution in [1.29, 1.82) is 0 Å². The zero-order valence-corrected chi connectivity index (χ0v) is 15.2. The number of hydrogen-bond acceptors (Lipinski definition) is 4. The second-order valence-electron chi connectivity index (χ2n) is 6.30. The van der Waals surface area contributed by atoms with Crippen LogP contribution < -0.4 is 10.6 Å². The Morgan fingerprint density at radius 2 is 2.19 bits per heavy atom. The standard InChI is InChI=1S/C17H25N7O2/c1-3-23-13(6-8-20-23)11-19-17(26)22-9-4-5-14(12-22)24-10-7-15(21-24)16(25)18-2/h6-8,10,14H,3-5,9,11-12H2,1-2H3,(H,18,25)(H,19,26)/t14-/m0/s1. The van der Waals surface area contributed by atoms with E-state index >= 15 is 0 Å². The molecule has 2 aromatic heterocycles. The summed E-state index contributed by atoms with van der Waals surface area (Å²) in [5.41, 5.74) is 1.37. The van der Waals surface area contributed by atoms with Gasteiger partial charge in [0.1, 0.15) is 5.69 Å². The predicted molar refractivity (Wildman–Crippen MR) is 95.6 cm³/mol. The van der Waals surface area contributed by atoms with Crippen molar-refractivity contribution in [3.8, 4) is 0 Å². The van der Waals surface area contributed by atoms with Crippen molar-refractivity contribution in [2.45, 2.75) is 38.9 Å². The second-order valence-corrected chi connectivity index (χ2v) is 6.30. The average Bonchev–Trinajstić information content (AvgIpc) is 3.34. The molecule has 0 radical (unpaired) electrons. The Labute approximate surface area is 152 Å². The van der Waals surface area contributed by atoms with Crippen molar-refractivity contribution < 1.29 is 9.59 Å². The lowest BCUT2D eigenvalue weighted by Gasteiger charge is -2.32. The summed E-state index contributed by atoms with van der Waals surface area (Å²) in [5.74, 6) is -0.207. The third kappa shape index (κ3) is 3.87. The highest BCUT2D eigenvalue weighted by atomic mass is 16.2. The lowest BCUT2D eigenvalue weighted by molar-refractivity contribution is 0.0955. The van der Waals surface area contributed by atoms with E-state index in [4.69, 9.17) is 0 Å². The highest BCUT2D eigenvalue weighted by Gasteiger charge is 2.25. The first-order valence-corrected chi connectivity index (χ1v) is 8.93. The Balaban J connectivity index is 1.58. The summed E-state index contributed by atoms with van der Waals surface area (Å²) in [7, 11) is 1.58. The number of hydrogen-bond donors (Lipinski definition) is 2. The van der Waals surface area contributed by atoms with E-state index in [1.165, 1.54) is 0 Å². The fourth-order valence-corrected chi connectivity index (χ4v) is 3.22. The minimum absolute atomic E-state index is 0.0778. The molecule has 1 saturated heterocycles. The number of nitrogens with one attached hydrogen (secondary N) is 2. The van der Waals surface area contributed by atoms with Crippen molar-refractivity contribution in [2.75, 3.05) is 20.1 Å². The van der Waals surface area contributed by atoms with Crippen LogP contribution in [-0.2, 0) is 13.1 Å². The van der Waals surface area contributed by atoms with Crippen LogP contribution >= 0.6 is 0 Å². The topological polar surface area (TPSA) is 97.1 Å². The van der Waals surface area contributed by atoms with Gasteiger partial charge in [-0.05, 0) is 31.9 Å². The van der Waals surface area contributed by atoms with E-state index in [-0.39, 0.29) is 18.0 Å². The summed E-state index contributed by atoms with van der Waals surface area (Å²) in [6.07, 6.45) is 5.38. The molecule has 9 heteroatoms. The van der Waals surface area contributed by atoms with Gasteiger partial charge in [-0.2, -0.15) is 10.2 Å². The van der Waals surface area contributed by atoms with Crippen LogP contribution in [0.15, 0.2) is 24.5 Å². The maximum absolute atomic E-state index is 12.5. The lowest BCUT2D eigenvalue weighted by atomic mass is 10.1. The van der Waals surface area contributed by atoms with Crippen LogP contribution in [0.4, 0.5) is 4.79 Å². The highest BCUT2D eigenvalue weighted by Crippen LogP contribution is 2.21. The van der Waals surface area contributed by atoms with E-state index in [9.17, 15) is 9.59 Å². The molecule has 3 rings (SSSR count). The summed E-state index contributed by atoms with van der Waals surface area (Å²) in [6, 6.07) is 3.60. The average molecular weight is 359 g/mol. The van der Waals surface area contributed by atoms with E-state index in [2.05, 4.69) is 20.8 Å². The summed E-state index contributed by atoms with van der Waals surface area (Å²) in [6.45, 7) is 4.55. The minimum atomic E-state index is -0.207. The minimum Gasteiger partial charge on any atom is -0.354 e. The van der Waals surface area contributed by atoms with Crippen LogP contribution in [-0.4, -0.2) is 56.5 Å². The van der Waals surface area contributed by atoms with Crippen LogP contribution in [0.5, 0.6) is 0 Å². The second kappa shape index (κ2) is 8.03. The molecule has 3 heterocycles. The molecule has 9 nitrogen and oxygen atoms in total. The van der Waals surface area contributed by atoms with Crippen molar-refractivity contribution in [1.82, 2.24) is 35.1 Å². The number of rotatable bonds is 5. The molecule has 1 atom stereocenters. The molecule has 0 aromatic carbocycles. The van der Waals surface area contributed by atoms with E-state index in [0.717, 1.165) is 31.6 Å². The molecule has 26 heavy (non-hydrogen) atoms. The molecule has 0 bridgehead atoms. The SMILES string of the molecule is CCn1nccc1CNC(=O)N1CCC[C@H](n2ccc(C(=O)NC)n2)C1. The number of carbonyl (C=O) groups excluding carboxylic acids is 2. The quantitative estimate of drug-likeness (QED) is 0.832. The molecule has 0 aliphatic carbocycles. The molecule has 0 saturated carbocycles. The maximum atomic E-state index is 12.5. The number of urea groups is 1. The molecular formula is C17H25N7O2. The largest absolute Gasteiger partial charge is 0.354 e. The van der Waals surface area contributed by atoms with E-state index in [1.54, 1.807) is 30.2 Å². The fraction of sp³-hybridized carbons (Fsp3) is 0.529. The molecule has 1 aliphatic heterocycles. The first-order chi connectivity index (χ1) is 12.6. The molecule has 0 unspecified atom stereocenters. The number of amides is 3. The van der Waals surface area contributed by atoms with E-state index in [1.807, 2.05) is 22.6 Å². The van der Waals surface area contributed by atoms with Gasteiger partial charge in [0, 0.05) is 39.1 Å². The van der Waals surface area contributed by atoms with Gasteiger partial charge in [0.05, 0.1) is 18.3 Å². The van der Waals surface area contributed by atoms with Crippen molar-refractivity contribution in [3.63, 3.8) is 0 Å². The molecule has 2 aromatic rings. The third-order valence-corrected chi connectivity index (χ3v) is 4.65. The van der Waals surface area contributed by atoms with Gasteiger partial charge in [0.2, 0.25) is 0 Å². The molecule has 1 fully saturated rings. The first kappa shape index (κ1) is 18.0. The van der Waals surface area contributed by atoms with Gasteiger partial charge in [-0.3, -0.25) is 14.2 Å². The van der Waals surface area contributed by atoms with Crippen LogP contribution in [0.25, 0.3) is 0 Å². The smallest absolute Gasteiger partial charge is 0.317 e. The summed E-state index contributed by atoms with van der Waals surface area (Å²) in [5, 5.41) is 14.1. The number of aryl methyl sites for hydroxylation is 1. The zero-order chi connectivity index (χ0) is 18.5. The van der Waals surface area contributed by atoms with Crippen molar-refractivity contribution >= 4 is 11.9 Å². The van der Waals surface area contributed by atoms with E-state index in [0.29, 0.717) is 18.8 Å². The van der Waals surface area contributed by atoms with Gasteiger partial charge < -0.3 is 15.5 Å². The normalized spacial score (nSPS) is 17.2. The van der Waals surface area contributed by atoms with Gasteiger partial charge in [0.15, 0.2) is 0 Å². The fourth-order valence-electron chi connectivity index (χ4n) is 3.22. The Bertz CT molecular complexity index is 767. The maximum Gasteiger partial charge on any atom is 0.317 e. The number of carbonyl (C=O) groups is 2. The van der Waals surface area contributed by atoms with Crippen LogP contribution in [0.1, 0.15) is 42.0 Å². The molecule has 0 spiro atoms. The summed E-state index contributed by atoms with van der Waals surface area (Å²) >= 11 is 0. The van der Waals surface area contributed by atoms with Crippen LogP contribution in [0.2, 0.25) is 0 Å². The lowest BCUT2D eigenvalue weighted by Crippen LogP contribution is -2.46. The van der Waals surface area contributed by atoms with Gasteiger partial charge in [-0.1, -0.05) is 0 Å². The van der Waals surface area contributed by atoms with Crippen molar-refractivity contribution in [2.24, 2.45) is 0 Å². The highest BCUT2D eigenvalue weighted by molar-refractivity contribution is 5.91. The van der Waals surface area contributed by atoms with Gasteiger partial charge in [-0.15, -0.1) is 0 Å². The molecule has 140 valence electrons. The summed E-state index contributed by atoms with van der Waals surface area (Å²) in [4.78, 5) is 26.0. The Kier molecular flexibility index (Phi) is 5.55. The monoisotopic (exact) mass is 359 g/mol. The van der Waals surface area contributed by atoms with Gasteiger partial charge >= 0.3 is 6.03 Å². The molecule has 3 amide bonds. The predicted octanol–water partition coefficient (Wildman–Crippen LogP) is 1.01. The number of aromatic nitrogens is 4. The Morgan fingerprint density at radius 3 is 2.96 bits per heavy atom. The first-order valence-electron chi connectivity index (χ1n) is 8.93. The van der Waals surface area contributed by atoms with Crippen molar-refractivity contribution in [3.05, 3.63) is 35.9 Å². The number of likely N-dealkylation sites (tertiary alicyclic amines) is 1. The van der Waals surface area contributed by atoms with E-state index < -0.39 is 0 Å². The number of nitrogens with zero attached hydrogens (tertiary/aromatic N) is 5. The third-order valence-electron chi connectivity index (χ3n) is 4.65. The van der Waals surface area contributed by atoms with Crippen LogP contribution in [0, 0.1) is 0 Å². The molecular weight excluding hydrogens is 334 g/mol. The molecule has 1 aliphatic rings. The number of piperidine rings is 1. The Hall–Kier alpha value is -2.84. The Morgan fingerprint density at radius 1 is 1.35 bits per heavy atom. The van der Waals surface area contributed by atoms with Gasteiger partial charge in [-0.25, -0.2) is 4.79 Å². The zero-order valence-electron chi connectivity index (χ0n) is 15.2. The molecule has 2 N–H and O–H groups in total.